The summed E-state index contributed by atoms with van der Waals surface area (Å²) in [6.45, 7) is 5.58. The fraction of sp³-hybridized carbons (Fsp3) is 0.643. The number of nitrogen functional groups attached to an aromatic ring is 1. The number of nitrogens with two attached hydrogens (primary N) is 1. The number of carbonyl (C=O) groups excluding carboxylic acids is 1. The lowest BCUT2D eigenvalue weighted by atomic mass is 10.1. The summed E-state index contributed by atoms with van der Waals surface area (Å²) in [5.74, 6) is 6.84. The smallest absolute Gasteiger partial charge is 0.244 e. The van der Waals surface area contributed by atoms with E-state index in [-0.39, 0.29) is 11.9 Å². The molecule has 7 heteroatoms. The van der Waals surface area contributed by atoms with E-state index in [9.17, 15) is 4.79 Å². The van der Waals surface area contributed by atoms with Crippen LogP contribution in [0.4, 0.5) is 11.6 Å². The van der Waals surface area contributed by atoms with Crippen LogP contribution in [0.3, 0.4) is 0 Å². The molecule has 0 aliphatic carbocycles. The Hall–Kier alpha value is -1.89. The van der Waals surface area contributed by atoms with Crippen molar-refractivity contribution >= 4 is 17.5 Å². The maximum atomic E-state index is 12.4. The summed E-state index contributed by atoms with van der Waals surface area (Å²) in [7, 11) is 0. The number of nitrogens with zero attached hydrogens (tertiary/aromatic N) is 3. The van der Waals surface area contributed by atoms with E-state index >= 15 is 0 Å². The van der Waals surface area contributed by atoms with Crippen LogP contribution in [0, 0.1) is 0 Å². The van der Waals surface area contributed by atoms with Crippen molar-refractivity contribution < 1.29 is 4.79 Å². The number of likely N-dealkylation sites (tertiary alicyclic amines) is 1. The van der Waals surface area contributed by atoms with Crippen LogP contribution in [0.25, 0.3) is 0 Å². The predicted octanol–water partition coefficient (Wildman–Crippen LogP) is 1.14. The fourth-order valence-corrected chi connectivity index (χ4v) is 2.65. The summed E-state index contributed by atoms with van der Waals surface area (Å²) >= 11 is 0. The maximum Gasteiger partial charge on any atom is 0.244 e. The highest BCUT2D eigenvalue weighted by atomic mass is 16.2. The molecule has 4 N–H and O–H groups in total. The number of nitrogens with one attached hydrogen (secondary N) is 2. The zero-order valence-corrected chi connectivity index (χ0v) is 12.7. The van der Waals surface area contributed by atoms with Crippen LogP contribution in [-0.2, 0) is 11.2 Å². The van der Waals surface area contributed by atoms with Gasteiger partial charge < -0.3 is 15.6 Å². The predicted molar refractivity (Wildman–Crippen MR) is 82.7 cm³/mol. The van der Waals surface area contributed by atoms with E-state index in [0.29, 0.717) is 11.6 Å². The van der Waals surface area contributed by atoms with E-state index in [1.54, 1.807) is 0 Å². The van der Waals surface area contributed by atoms with Gasteiger partial charge in [-0.1, -0.05) is 6.92 Å². The number of hydrogen-bond donors (Lipinski definition) is 3. The van der Waals surface area contributed by atoms with Gasteiger partial charge in [0.05, 0.1) is 0 Å². The number of amides is 1. The first-order valence-corrected chi connectivity index (χ1v) is 7.53. The molecule has 116 valence electrons. The van der Waals surface area contributed by atoms with E-state index in [0.717, 1.165) is 37.9 Å². The van der Waals surface area contributed by atoms with Crippen LogP contribution >= 0.6 is 0 Å². The van der Waals surface area contributed by atoms with Gasteiger partial charge in [0, 0.05) is 18.7 Å². The Morgan fingerprint density at radius 2 is 2.00 bits per heavy atom. The van der Waals surface area contributed by atoms with Crippen molar-refractivity contribution in [2.45, 2.75) is 45.6 Å². The quantitative estimate of drug-likeness (QED) is 0.556. The number of carbonyl (C=O) groups is 1. The van der Waals surface area contributed by atoms with E-state index < -0.39 is 0 Å². The second-order valence-corrected chi connectivity index (χ2v) is 5.30. The van der Waals surface area contributed by atoms with Gasteiger partial charge in [-0.25, -0.2) is 15.8 Å². The standard InChI is InChI=1S/C14H24N6O/c1-3-11-12(16-9-17-13(11)19-15)18-10(2)14(21)20-7-5-4-6-8-20/h9-10H,3-8,15H2,1-2H3,(H2,16,17,18,19). The highest BCUT2D eigenvalue weighted by Crippen LogP contribution is 2.21. The topological polar surface area (TPSA) is 96.2 Å². The van der Waals surface area contributed by atoms with Crippen molar-refractivity contribution in [2.24, 2.45) is 5.84 Å². The Kier molecular flexibility index (Phi) is 5.32. The molecular weight excluding hydrogens is 268 g/mol. The summed E-state index contributed by atoms with van der Waals surface area (Å²) in [6, 6.07) is -0.311. The van der Waals surface area contributed by atoms with Crippen molar-refractivity contribution in [3.05, 3.63) is 11.9 Å². The number of piperidine rings is 1. The van der Waals surface area contributed by atoms with Gasteiger partial charge in [-0.05, 0) is 32.6 Å². The van der Waals surface area contributed by atoms with Gasteiger partial charge in [-0.3, -0.25) is 4.79 Å². The Balaban J connectivity index is 2.08. The van der Waals surface area contributed by atoms with Gasteiger partial charge in [0.25, 0.3) is 0 Å². The molecule has 7 nitrogen and oxygen atoms in total. The largest absolute Gasteiger partial charge is 0.358 e. The summed E-state index contributed by atoms with van der Waals surface area (Å²) in [5, 5.41) is 3.20. The lowest BCUT2D eigenvalue weighted by molar-refractivity contribution is -0.132. The van der Waals surface area contributed by atoms with Crippen molar-refractivity contribution in [3.8, 4) is 0 Å². The lowest BCUT2D eigenvalue weighted by Gasteiger charge is -2.29. The monoisotopic (exact) mass is 292 g/mol. The molecule has 0 bridgehead atoms. The third kappa shape index (κ3) is 3.60. The lowest BCUT2D eigenvalue weighted by Crippen LogP contribution is -2.44. The van der Waals surface area contributed by atoms with Crippen LogP contribution in [0.15, 0.2) is 6.33 Å². The number of aromatic nitrogens is 2. The first kappa shape index (κ1) is 15.5. The first-order chi connectivity index (χ1) is 10.2. The molecule has 1 aromatic heterocycles. The van der Waals surface area contributed by atoms with Gasteiger partial charge in [-0.15, -0.1) is 0 Å². The molecule has 1 fully saturated rings. The van der Waals surface area contributed by atoms with Crippen molar-refractivity contribution in [1.82, 2.24) is 14.9 Å². The molecule has 1 amide bonds. The fourth-order valence-electron chi connectivity index (χ4n) is 2.65. The second kappa shape index (κ2) is 7.21. The molecule has 0 saturated carbocycles. The minimum absolute atomic E-state index is 0.123. The molecule has 2 heterocycles. The van der Waals surface area contributed by atoms with Crippen LogP contribution in [0.5, 0.6) is 0 Å². The highest BCUT2D eigenvalue weighted by molar-refractivity contribution is 5.84. The van der Waals surface area contributed by atoms with Gasteiger partial charge in [0.15, 0.2) is 0 Å². The average Bonchev–Trinajstić information content (AvgIpc) is 2.54. The van der Waals surface area contributed by atoms with E-state index in [1.165, 1.54) is 12.7 Å². The normalized spacial score (nSPS) is 16.4. The molecule has 0 radical (unpaired) electrons. The van der Waals surface area contributed by atoms with Crippen LogP contribution in [0.2, 0.25) is 0 Å². The van der Waals surface area contributed by atoms with Crippen molar-refractivity contribution in [3.63, 3.8) is 0 Å². The third-order valence-corrected chi connectivity index (χ3v) is 3.83. The van der Waals surface area contributed by atoms with Crippen LogP contribution in [0.1, 0.15) is 38.7 Å². The molecule has 1 aliphatic heterocycles. The molecule has 0 spiro atoms. The second-order valence-electron chi connectivity index (χ2n) is 5.30. The molecule has 1 unspecified atom stereocenters. The van der Waals surface area contributed by atoms with E-state index in [2.05, 4.69) is 20.7 Å². The summed E-state index contributed by atoms with van der Waals surface area (Å²) in [5.41, 5.74) is 3.45. The molecular formula is C14H24N6O. The number of hydrazine groups is 1. The number of anilines is 2. The maximum absolute atomic E-state index is 12.4. The Morgan fingerprint density at radius 1 is 1.33 bits per heavy atom. The van der Waals surface area contributed by atoms with Crippen molar-refractivity contribution in [1.29, 1.82) is 0 Å². The van der Waals surface area contributed by atoms with Crippen molar-refractivity contribution in [2.75, 3.05) is 23.8 Å². The third-order valence-electron chi connectivity index (χ3n) is 3.83. The molecule has 2 rings (SSSR count). The molecule has 1 saturated heterocycles. The summed E-state index contributed by atoms with van der Waals surface area (Å²) in [6.07, 6.45) is 5.56. The highest BCUT2D eigenvalue weighted by Gasteiger charge is 2.23. The molecule has 1 atom stereocenters. The van der Waals surface area contributed by atoms with Gasteiger partial charge in [-0.2, -0.15) is 0 Å². The summed E-state index contributed by atoms with van der Waals surface area (Å²) < 4.78 is 0. The Labute approximate surface area is 125 Å². The number of rotatable bonds is 5. The van der Waals surface area contributed by atoms with Crippen LogP contribution in [-0.4, -0.2) is 39.9 Å². The average molecular weight is 292 g/mol. The van der Waals surface area contributed by atoms with Crippen LogP contribution < -0.4 is 16.6 Å². The molecule has 0 aromatic carbocycles. The van der Waals surface area contributed by atoms with E-state index in [1.807, 2.05) is 18.7 Å². The van der Waals surface area contributed by atoms with Gasteiger partial charge >= 0.3 is 0 Å². The minimum atomic E-state index is -0.311. The molecule has 21 heavy (non-hydrogen) atoms. The zero-order chi connectivity index (χ0) is 15.2. The number of hydrogen-bond acceptors (Lipinski definition) is 6. The SMILES string of the molecule is CCc1c(NN)ncnc1NC(C)C(=O)N1CCCCC1. The van der Waals surface area contributed by atoms with Gasteiger partial charge in [0.1, 0.15) is 24.0 Å². The zero-order valence-electron chi connectivity index (χ0n) is 12.7. The van der Waals surface area contributed by atoms with Gasteiger partial charge in [0.2, 0.25) is 5.91 Å². The Bertz CT molecular complexity index is 486. The minimum Gasteiger partial charge on any atom is -0.358 e. The molecule has 1 aliphatic rings. The van der Waals surface area contributed by atoms with E-state index in [4.69, 9.17) is 5.84 Å². The Morgan fingerprint density at radius 3 is 2.62 bits per heavy atom. The first-order valence-electron chi connectivity index (χ1n) is 7.53. The molecule has 1 aromatic rings. The summed E-state index contributed by atoms with van der Waals surface area (Å²) in [4.78, 5) is 22.7.